The number of carbonyl (C=O) groups excluding carboxylic acids is 1. The van der Waals surface area contributed by atoms with E-state index in [0.29, 0.717) is 13.1 Å². The van der Waals surface area contributed by atoms with E-state index in [4.69, 9.17) is 5.11 Å². The minimum atomic E-state index is -0.879. The van der Waals surface area contributed by atoms with Gasteiger partial charge < -0.3 is 14.9 Å². The first-order valence-corrected chi connectivity index (χ1v) is 8.05. The second-order valence-electron chi connectivity index (χ2n) is 5.36. The number of urea groups is 1. The number of carboxylic acids is 1. The van der Waals surface area contributed by atoms with Crippen molar-refractivity contribution in [2.75, 3.05) is 13.1 Å². The minimum absolute atomic E-state index is 0.0637. The monoisotopic (exact) mass is 312 g/mol. The van der Waals surface area contributed by atoms with Gasteiger partial charge in [0.15, 0.2) is 0 Å². The molecule has 0 radical (unpaired) electrons. The summed E-state index contributed by atoms with van der Waals surface area (Å²) in [6.07, 6.45) is 0. The van der Waals surface area contributed by atoms with E-state index in [0.717, 1.165) is 4.88 Å². The summed E-state index contributed by atoms with van der Waals surface area (Å²) in [4.78, 5) is 28.2. The molecular formula is C15H24N2O3S. The van der Waals surface area contributed by atoms with Crippen LogP contribution in [0, 0.1) is 5.92 Å². The Bertz CT molecular complexity index is 459. The molecule has 0 saturated carbocycles. The van der Waals surface area contributed by atoms with Crippen LogP contribution in [0.1, 0.15) is 32.6 Å². The van der Waals surface area contributed by atoms with Gasteiger partial charge in [-0.25, -0.2) is 4.79 Å². The first kappa shape index (κ1) is 17.5. The molecule has 1 heterocycles. The average molecular weight is 312 g/mol. The van der Waals surface area contributed by atoms with Gasteiger partial charge in [-0.2, -0.15) is 0 Å². The molecular weight excluding hydrogens is 288 g/mol. The van der Waals surface area contributed by atoms with Crippen molar-refractivity contribution in [2.24, 2.45) is 5.92 Å². The topological polar surface area (TPSA) is 60.9 Å². The van der Waals surface area contributed by atoms with Gasteiger partial charge in [0.05, 0.1) is 12.5 Å². The predicted molar refractivity (Wildman–Crippen MR) is 84.4 cm³/mol. The summed E-state index contributed by atoms with van der Waals surface area (Å²) in [5, 5.41) is 11.0. The second-order valence-corrected chi connectivity index (χ2v) is 6.39. The second kappa shape index (κ2) is 8.02. The van der Waals surface area contributed by atoms with Crippen LogP contribution in [0.25, 0.3) is 0 Å². The largest absolute Gasteiger partial charge is 0.481 e. The van der Waals surface area contributed by atoms with E-state index in [9.17, 15) is 9.59 Å². The Balaban J connectivity index is 2.80. The molecule has 0 aliphatic carbocycles. The molecule has 2 amide bonds. The molecule has 0 aliphatic heterocycles. The molecule has 1 unspecified atom stereocenters. The van der Waals surface area contributed by atoms with E-state index >= 15 is 0 Å². The van der Waals surface area contributed by atoms with Crippen LogP contribution in [0.2, 0.25) is 0 Å². The molecule has 5 nitrogen and oxygen atoms in total. The molecule has 1 aromatic heterocycles. The van der Waals surface area contributed by atoms with Gasteiger partial charge in [0.25, 0.3) is 0 Å². The molecule has 0 saturated heterocycles. The van der Waals surface area contributed by atoms with Crippen LogP contribution in [0.15, 0.2) is 17.5 Å². The molecule has 1 rings (SSSR count). The van der Waals surface area contributed by atoms with E-state index in [1.807, 2.05) is 38.3 Å². The lowest BCUT2D eigenvalue weighted by Gasteiger charge is -2.33. The number of hydrogen-bond acceptors (Lipinski definition) is 3. The highest BCUT2D eigenvalue weighted by molar-refractivity contribution is 7.09. The van der Waals surface area contributed by atoms with E-state index in [1.54, 1.807) is 28.1 Å². The van der Waals surface area contributed by atoms with Crippen LogP contribution < -0.4 is 0 Å². The van der Waals surface area contributed by atoms with Crippen LogP contribution in [0.3, 0.4) is 0 Å². The molecule has 21 heavy (non-hydrogen) atoms. The number of hydrogen-bond donors (Lipinski definition) is 1. The predicted octanol–water partition coefficient (Wildman–Crippen LogP) is 3.12. The molecule has 0 bridgehead atoms. The highest BCUT2D eigenvalue weighted by Gasteiger charge is 2.25. The third-order valence-corrected chi connectivity index (χ3v) is 4.20. The van der Waals surface area contributed by atoms with E-state index in [-0.39, 0.29) is 18.6 Å². The number of aliphatic carboxylic acids is 1. The Morgan fingerprint density at radius 3 is 2.43 bits per heavy atom. The van der Waals surface area contributed by atoms with Gasteiger partial charge in [0.2, 0.25) is 0 Å². The number of carboxylic acid groups (broad SMARTS) is 1. The summed E-state index contributed by atoms with van der Waals surface area (Å²) in [7, 11) is 0. The van der Waals surface area contributed by atoms with E-state index in [1.165, 1.54) is 0 Å². The Morgan fingerprint density at radius 2 is 2.00 bits per heavy atom. The third kappa shape index (κ3) is 5.04. The maximum absolute atomic E-state index is 12.7. The Labute approximate surface area is 130 Å². The van der Waals surface area contributed by atoms with Gasteiger partial charge in [-0.1, -0.05) is 13.0 Å². The van der Waals surface area contributed by atoms with Gasteiger partial charge in [0.1, 0.15) is 0 Å². The fourth-order valence-corrected chi connectivity index (χ4v) is 2.68. The molecule has 1 aromatic rings. The van der Waals surface area contributed by atoms with Gasteiger partial charge >= 0.3 is 12.0 Å². The van der Waals surface area contributed by atoms with Crippen molar-refractivity contribution >= 4 is 23.3 Å². The van der Waals surface area contributed by atoms with Gasteiger partial charge in [-0.05, 0) is 32.2 Å². The number of carbonyl (C=O) groups is 2. The van der Waals surface area contributed by atoms with Crippen molar-refractivity contribution in [1.29, 1.82) is 0 Å². The molecule has 1 atom stereocenters. The van der Waals surface area contributed by atoms with Gasteiger partial charge in [0, 0.05) is 24.0 Å². The number of thiophene rings is 1. The summed E-state index contributed by atoms with van der Waals surface area (Å²) in [6.45, 7) is 8.74. The normalized spacial score (nSPS) is 12.2. The molecule has 1 N–H and O–H groups in total. The van der Waals surface area contributed by atoms with E-state index < -0.39 is 11.9 Å². The van der Waals surface area contributed by atoms with Crippen LogP contribution in [-0.2, 0) is 11.3 Å². The van der Waals surface area contributed by atoms with E-state index in [2.05, 4.69) is 0 Å². The zero-order valence-corrected chi connectivity index (χ0v) is 13.9. The molecule has 0 fully saturated rings. The number of nitrogens with zero attached hydrogens (tertiary/aromatic N) is 2. The maximum Gasteiger partial charge on any atom is 0.320 e. The lowest BCUT2D eigenvalue weighted by atomic mass is 10.1. The van der Waals surface area contributed by atoms with Crippen molar-refractivity contribution < 1.29 is 14.7 Å². The molecule has 0 aromatic carbocycles. The van der Waals surface area contributed by atoms with Crippen molar-refractivity contribution in [2.45, 2.75) is 40.3 Å². The summed E-state index contributed by atoms with van der Waals surface area (Å²) in [5.41, 5.74) is 0. The quantitative estimate of drug-likeness (QED) is 0.841. The molecule has 6 heteroatoms. The highest BCUT2D eigenvalue weighted by Crippen LogP contribution is 2.16. The smallest absolute Gasteiger partial charge is 0.320 e. The summed E-state index contributed by atoms with van der Waals surface area (Å²) in [6, 6.07) is 3.93. The van der Waals surface area contributed by atoms with Gasteiger partial charge in [-0.3, -0.25) is 4.79 Å². The van der Waals surface area contributed by atoms with Gasteiger partial charge in [-0.15, -0.1) is 11.3 Å². The molecule has 118 valence electrons. The lowest BCUT2D eigenvalue weighted by Crippen LogP contribution is -2.47. The average Bonchev–Trinajstić information content (AvgIpc) is 2.93. The van der Waals surface area contributed by atoms with Crippen LogP contribution in [-0.4, -0.2) is 46.0 Å². The first-order valence-electron chi connectivity index (χ1n) is 7.17. The summed E-state index contributed by atoms with van der Waals surface area (Å²) >= 11 is 1.62. The molecule has 0 aliphatic rings. The summed E-state index contributed by atoms with van der Waals surface area (Å²) in [5.74, 6) is -1.44. The fraction of sp³-hybridized carbons (Fsp3) is 0.600. The Hall–Kier alpha value is -1.56. The first-order chi connectivity index (χ1) is 9.86. The van der Waals surface area contributed by atoms with Crippen molar-refractivity contribution in [1.82, 2.24) is 9.80 Å². The van der Waals surface area contributed by atoms with Crippen LogP contribution in [0.4, 0.5) is 4.79 Å². The van der Waals surface area contributed by atoms with Crippen molar-refractivity contribution in [3.8, 4) is 0 Å². The highest BCUT2D eigenvalue weighted by atomic mass is 32.1. The SMILES string of the molecule is CCN(CC(C)C(=O)O)C(=O)N(Cc1cccs1)C(C)C. The van der Waals surface area contributed by atoms with Crippen LogP contribution in [0.5, 0.6) is 0 Å². The summed E-state index contributed by atoms with van der Waals surface area (Å²) < 4.78 is 0. The lowest BCUT2D eigenvalue weighted by molar-refractivity contribution is -0.141. The maximum atomic E-state index is 12.7. The zero-order chi connectivity index (χ0) is 16.0. The van der Waals surface area contributed by atoms with Crippen molar-refractivity contribution in [3.63, 3.8) is 0 Å². The van der Waals surface area contributed by atoms with Crippen LogP contribution >= 0.6 is 11.3 Å². The van der Waals surface area contributed by atoms with Crippen molar-refractivity contribution in [3.05, 3.63) is 22.4 Å². The minimum Gasteiger partial charge on any atom is -0.481 e. The number of amides is 2. The number of rotatable bonds is 7. The fourth-order valence-electron chi connectivity index (χ4n) is 1.97. The standard InChI is InChI=1S/C15H24N2O3S/c1-5-16(9-12(4)14(18)19)15(20)17(11(2)3)10-13-7-6-8-21-13/h6-8,11-12H,5,9-10H2,1-4H3,(H,18,19). The Kier molecular flexibility index (Phi) is 6.68. The third-order valence-electron chi connectivity index (χ3n) is 3.34. The zero-order valence-electron chi connectivity index (χ0n) is 13.1. The Morgan fingerprint density at radius 1 is 1.33 bits per heavy atom. The molecule has 0 spiro atoms.